The number of aryl methyl sites for hydroxylation is 2. The lowest BCUT2D eigenvalue weighted by Crippen LogP contribution is -2.13. The van der Waals surface area contributed by atoms with E-state index in [9.17, 15) is 18.0 Å². The van der Waals surface area contributed by atoms with Crippen LogP contribution in [0, 0.1) is 13.8 Å². The van der Waals surface area contributed by atoms with Crippen molar-refractivity contribution in [2.45, 2.75) is 33.0 Å². The molecule has 3 N–H and O–H groups in total. The van der Waals surface area contributed by atoms with Gasteiger partial charge in [0, 0.05) is 23.3 Å². The summed E-state index contributed by atoms with van der Waals surface area (Å²) in [6.07, 6.45) is -3.67. The van der Waals surface area contributed by atoms with Crippen LogP contribution in [0.15, 0.2) is 60.0 Å². The largest absolute Gasteiger partial charge is 0.416 e. The van der Waals surface area contributed by atoms with Gasteiger partial charge in [-0.3, -0.25) is 4.79 Å². The van der Waals surface area contributed by atoms with Crippen molar-refractivity contribution in [3.63, 3.8) is 0 Å². The van der Waals surface area contributed by atoms with Gasteiger partial charge in [-0.25, -0.2) is 4.98 Å². The zero-order valence-electron chi connectivity index (χ0n) is 18.6. The molecule has 2 aromatic heterocycles. The van der Waals surface area contributed by atoms with Crippen LogP contribution in [0.25, 0.3) is 11.4 Å². The van der Waals surface area contributed by atoms with Crippen LogP contribution in [0.2, 0.25) is 0 Å². The number of rotatable bonds is 7. The summed E-state index contributed by atoms with van der Waals surface area (Å²) in [5, 5.41) is 5.19. The molecule has 4 rings (SSSR count). The first-order chi connectivity index (χ1) is 16.1. The molecule has 0 saturated carbocycles. The van der Waals surface area contributed by atoms with Crippen molar-refractivity contribution in [3.05, 3.63) is 87.9 Å². The molecule has 5 nitrogen and oxygen atoms in total. The number of carbonyl (C=O) groups excluding carboxylic acids is 1. The number of halogens is 3. The van der Waals surface area contributed by atoms with E-state index in [2.05, 4.69) is 34.6 Å². The summed E-state index contributed by atoms with van der Waals surface area (Å²) in [4.78, 5) is 16.5. The summed E-state index contributed by atoms with van der Waals surface area (Å²) in [7, 11) is 0. The van der Waals surface area contributed by atoms with Crippen LogP contribution in [-0.2, 0) is 19.1 Å². The molecule has 0 bridgehead atoms. The molecule has 0 atom stereocenters. The molecule has 0 aliphatic heterocycles. The second-order valence-corrected chi connectivity index (χ2v) is 8.88. The quantitative estimate of drug-likeness (QED) is 0.322. The van der Waals surface area contributed by atoms with Crippen LogP contribution < -0.4 is 11.1 Å². The van der Waals surface area contributed by atoms with Gasteiger partial charge in [0.2, 0.25) is 0 Å². The van der Waals surface area contributed by atoms with Crippen molar-refractivity contribution in [2.24, 2.45) is 5.73 Å². The lowest BCUT2D eigenvalue weighted by atomic mass is 10.1. The predicted octanol–water partition coefficient (Wildman–Crippen LogP) is 6.33. The normalized spacial score (nSPS) is 11.6. The van der Waals surface area contributed by atoms with E-state index in [0.29, 0.717) is 28.6 Å². The van der Waals surface area contributed by atoms with Crippen LogP contribution in [0.4, 0.5) is 24.0 Å². The number of hydrogen-bond donors (Lipinski definition) is 2. The monoisotopic (exact) mass is 484 g/mol. The van der Waals surface area contributed by atoms with E-state index in [0.717, 1.165) is 35.5 Å². The fourth-order valence-corrected chi connectivity index (χ4v) is 4.46. The molecule has 2 aromatic carbocycles. The maximum absolute atomic E-state index is 13.0. The third kappa shape index (κ3) is 5.14. The smallest absolute Gasteiger partial charge is 0.366 e. The van der Waals surface area contributed by atoms with Gasteiger partial charge in [0.1, 0.15) is 0 Å². The molecule has 0 aliphatic rings. The van der Waals surface area contributed by atoms with Crippen molar-refractivity contribution in [2.75, 3.05) is 5.32 Å². The molecule has 0 fully saturated rings. The van der Waals surface area contributed by atoms with Crippen LogP contribution in [-0.4, -0.2) is 15.5 Å². The molecule has 1 amide bonds. The number of benzene rings is 2. The van der Waals surface area contributed by atoms with Gasteiger partial charge in [0.05, 0.1) is 22.5 Å². The molecule has 9 heteroatoms. The second kappa shape index (κ2) is 9.34. The Bertz CT molecular complexity index is 1320. The topological polar surface area (TPSA) is 72.9 Å². The van der Waals surface area contributed by atoms with Gasteiger partial charge < -0.3 is 15.6 Å². The number of anilines is 2. The minimum atomic E-state index is -4.42. The Morgan fingerprint density at radius 2 is 1.85 bits per heavy atom. The minimum Gasteiger partial charge on any atom is -0.366 e. The molecular formula is C25H23F3N4OS. The Balaban J connectivity index is 1.61. The Labute approximate surface area is 199 Å². The first kappa shape index (κ1) is 23.6. The maximum Gasteiger partial charge on any atom is 0.416 e. The lowest BCUT2D eigenvalue weighted by molar-refractivity contribution is -0.137. The van der Waals surface area contributed by atoms with Crippen molar-refractivity contribution < 1.29 is 18.0 Å². The fraction of sp³-hybridized carbons (Fsp3) is 0.200. The molecule has 0 spiro atoms. The average Bonchev–Trinajstić information content (AvgIpc) is 3.37. The van der Waals surface area contributed by atoms with Gasteiger partial charge in [-0.2, -0.15) is 13.2 Å². The average molecular weight is 485 g/mol. The molecule has 176 valence electrons. The highest BCUT2D eigenvalue weighted by atomic mass is 32.1. The van der Waals surface area contributed by atoms with Gasteiger partial charge in [0.15, 0.2) is 5.13 Å². The standard InChI is InChI=1S/C25H23F3N4OS/c1-15-6-8-17(9-7-15)10-11-32-16(2)20(23(29)33)13-22(32)21-14-34-24(31-21)30-19-5-3-4-18(12-19)25(26,27)28/h3-9,12-14H,10-11H2,1-2H3,(H2,29,33)(H,30,31). The highest BCUT2D eigenvalue weighted by Gasteiger charge is 2.30. The fourth-order valence-electron chi connectivity index (χ4n) is 3.74. The molecule has 0 aliphatic carbocycles. The van der Waals surface area contributed by atoms with Crippen LogP contribution in [0.5, 0.6) is 0 Å². The van der Waals surface area contributed by atoms with Crippen LogP contribution >= 0.6 is 11.3 Å². The van der Waals surface area contributed by atoms with Crippen LogP contribution in [0.1, 0.15) is 32.7 Å². The van der Waals surface area contributed by atoms with Crippen molar-refractivity contribution in [1.29, 1.82) is 0 Å². The number of nitrogens with one attached hydrogen (secondary N) is 1. The molecule has 0 saturated heterocycles. The van der Waals surface area contributed by atoms with Gasteiger partial charge in [0.25, 0.3) is 5.91 Å². The highest BCUT2D eigenvalue weighted by Crippen LogP contribution is 2.33. The van der Waals surface area contributed by atoms with E-state index in [-0.39, 0.29) is 0 Å². The molecule has 0 radical (unpaired) electrons. The minimum absolute atomic E-state index is 0.291. The van der Waals surface area contributed by atoms with Crippen LogP contribution in [0.3, 0.4) is 0 Å². The van der Waals surface area contributed by atoms with Gasteiger partial charge in [-0.05, 0) is 50.1 Å². The van der Waals surface area contributed by atoms with E-state index in [1.807, 2.05) is 18.4 Å². The first-order valence-corrected chi connectivity index (χ1v) is 11.5. The second-order valence-electron chi connectivity index (χ2n) is 8.02. The van der Waals surface area contributed by atoms with Crippen molar-refractivity contribution >= 4 is 28.1 Å². The molecule has 34 heavy (non-hydrogen) atoms. The number of amides is 1. The molecular weight excluding hydrogens is 461 g/mol. The highest BCUT2D eigenvalue weighted by molar-refractivity contribution is 7.14. The van der Waals surface area contributed by atoms with E-state index in [1.165, 1.54) is 23.0 Å². The summed E-state index contributed by atoms with van der Waals surface area (Å²) >= 11 is 1.27. The Morgan fingerprint density at radius 3 is 2.53 bits per heavy atom. The zero-order valence-corrected chi connectivity index (χ0v) is 19.4. The van der Waals surface area contributed by atoms with Gasteiger partial charge in [-0.1, -0.05) is 35.9 Å². The van der Waals surface area contributed by atoms with Gasteiger partial charge >= 0.3 is 6.18 Å². The van der Waals surface area contributed by atoms with Gasteiger partial charge in [-0.15, -0.1) is 11.3 Å². The molecule has 2 heterocycles. The SMILES string of the molecule is Cc1ccc(CCn2c(-c3csc(Nc4cccc(C(F)(F)F)c4)n3)cc(C(N)=O)c2C)cc1. The lowest BCUT2D eigenvalue weighted by Gasteiger charge is -2.11. The van der Waals surface area contributed by atoms with Crippen molar-refractivity contribution in [3.8, 4) is 11.4 Å². The number of nitrogens with zero attached hydrogens (tertiary/aromatic N) is 2. The Morgan fingerprint density at radius 1 is 1.12 bits per heavy atom. The summed E-state index contributed by atoms with van der Waals surface area (Å²) in [6.45, 7) is 4.49. The zero-order chi connectivity index (χ0) is 24.5. The number of primary amides is 1. The third-order valence-electron chi connectivity index (χ3n) is 5.58. The number of hydrogen-bond acceptors (Lipinski definition) is 4. The Hall–Kier alpha value is -3.59. The predicted molar refractivity (Wildman–Crippen MR) is 128 cm³/mol. The molecule has 0 unspecified atom stereocenters. The Kier molecular flexibility index (Phi) is 6.47. The summed E-state index contributed by atoms with van der Waals surface area (Å²) in [6, 6.07) is 14.9. The van der Waals surface area contributed by atoms with E-state index < -0.39 is 17.6 Å². The molecule has 4 aromatic rings. The first-order valence-electron chi connectivity index (χ1n) is 10.6. The van der Waals surface area contributed by atoms with E-state index in [1.54, 1.807) is 17.5 Å². The van der Waals surface area contributed by atoms with E-state index >= 15 is 0 Å². The third-order valence-corrected chi connectivity index (χ3v) is 6.34. The number of carbonyl (C=O) groups is 1. The summed E-state index contributed by atoms with van der Waals surface area (Å²) in [5.74, 6) is -0.523. The number of alkyl halides is 3. The van der Waals surface area contributed by atoms with E-state index in [4.69, 9.17) is 5.73 Å². The number of thiazole rings is 1. The summed E-state index contributed by atoms with van der Waals surface area (Å²) in [5.41, 5.74) is 9.98. The van der Waals surface area contributed by atoms with Crippen molar-refractivity contribution in [1.82, 2.24) is 9.55 Å². The maximum atomic E-state index is 13.0. The number of aromatic nitrogens is 2. The summed E-state index contributed by atoms with van der Waals surface area (Å²) < 4.78 is 41.0. The number of nitrogens with two attached hydrogens (primary N) is 1.